The third-order valence-corrected chi connectivity index (χ3v) is 4.37. The van der Waals surface area contributed by atoms with Gasteiger partial charge in [0.25, 0.3) is 0 Å². The Balaban J connectivity index is 2.37. The van der Waals surface area contributed by atoms with E-state index in [-0.39, 0.29) is 18.1 Å². The second kappa shape index (κ2) is 5.58. The van der Waals surface area contributed by atoms with Crippen LogP contribution in [0, 0.1) is 0 Å². The molecule has 0 amide bonds. The lowest BCUT2D eigenvalue weighted by Gasteiger charge is -2.15. The van der Waals surface area contributed by atoms with Crippen LogP contribution in [0.4, 0.5) is 3.89 Å². The van der Waals surface area contributed by atoms with Crippen molar-refractivity contribution < 1.29 is 26.5 Å². The van der Waals surface area contributed by atoms with Crippen LogP contribution in [0.5, 0.6) is 17.2 Å². The summed E-state index contributed by atoms with van der Waals surface area (Å²) in [6.07, 6.45) is 1.53. The summed E-state index contributed by atoms with van der Waals surface area (Å²) < 4.78 is 52.6. The average molecular weight is 336 g/mol. The topological polar surface area (TPSA) is 61.8 Å². The van der Waals surface area contributed by atoms with Gasteiger partial charge in [-0.25, -0.2) is 0 Å². The van der Waals surface area contributed by atoms with E-state index in [1.165, 1.54) is 25.3 Å². The Hall–Kier alpha value is -2.54. The minimum Gasteiger partial charge on any atom is -0.496 e. The van der Waals surface area contributed by atoms with Crippen molar-refractivity contribution in [2.45, 2.75) is 4.90 Å². The second-order valence-electron chi connectivity index (χ2n) is 4.77. The molecule has 7 heteroatoms. The normalized spacial score (nSPS) is 13.0. The maximum atomic E-state index is 13.7. The van der Waals surface area contributed by atoms with Gasteiger partial charge in [-0.1, -0.05) is 18.7 Å². The van der Waals surface area contributed by atoms with Gasteiger partial charge in [-0.15, -0.1) is 3.89 Å². The Labute approximate surface area is 133 Å². The minimum atomic E-state index is -4.94. The molecule has 0 atom stereocenters. The summed E-state index contributed by atoms with van der Waals surface area (Å²) in [6, 6.07) is 7.40. The first-order valence-corrected chi connectivity index (χ1v) is 8.02. The highest BCUT2D eigenvalue weighted by Crippen LogP contribution is 2.44. The van der Waals surface area contributed by atoms with Gasteiger partial charge in [-0.2, -0.15) is 8.42 Å². The fourth-order valence-electron chi connectivity index (χ4n) is 2.49. The van der Waals surface area contributed by atoms with Crippen LogP contribution in [0.25, 0.3) is 17.2 Å². The Morgan fingerprint density at radius 3 is 2.57 bits per heavy atom. The van der Waals surface area contributed by atoms with Gasteiger partial charge in [-0.3, -0.25) is 0 Å². The van der Waals surface area contributed by atoms with Crippen LogP contribution in [-0.4, -0.2) is 22.3 Å². The lowest BCUT2D eigenvalue weighted by atomic mass is 9.98. The summed E-state index contributed by atoms with van der Waals surface area (Å²) in [5.74, 6) is 1.19. The third kappa shape index (κ3) is 2.63. The summed E-state index contributed by atoms with van der Waals surface area (Å²) in [4.78, 5) is -0.473. The van der Waals surface area contributed by atoms with Gasteiger partial charge in [0.15, 0.2) is 11.5 Å². The maximum Gasteiger partial charge on any atom is 0.332 e. The number of halogens is 1. The molecule has 0 saturated carbocycles. The second-order valence-corrected chi connectivity index (χ2v) is 6.08. The van der Waals surface area contributed by atoms with Crippen LogP contribution in [0.15, 0.2) is 41.8 Å². The van der Waals surface area contributed by atoms with Gasteiger partial charge in [-0.05, 0) is 35.4 Å². The van der Waals surface area contributed by atoms with E-state index in [1.807, 2.05) is 0 Å². The van der Waals surface area contributed by atoms with Crippen LogP contribution in [0.3, 0.4) is 0 Å². The quantitative estimate of drug-likeness (QED) is 0.801. The van der Waals surface area contributed by atoms with Crippen molar-refractivity contribution in [1.82, 2.24) is 0 Å². The number of hydrogen-bond donors (Lipinski definition) is 0. The summed E-state index contributed by atoms with van der Waals surface area (Å²) in [5, 5.41) is 0. The van der Waals surface area contributed by atoms with E-state index < -0.39 is 15.1 Å². The van der Waals surface area contributed by atoms with Crippen LogP contribution < -0.4 is 14.2 Å². The van der Waals surface area contributed by atoms with Crippen molar-refractivity contribution in [3.05, 3.63) is 42.5 Å². The predicted molar refractivity (Wildman–Crippen MR) is 82.9 cm³/mol. The highest BCUT2D eigenvalue weighted by atomic mass is 32.3. The average Bonchev–Trinajstić information content (AvgIpc) is 2.99. The highest BCUT2D eigenvalue weighted by molar-refractivity contribution is 7.86. The summed E-state index contributed by atoms with van der Waals surface area (Å²) in [6.45, 7) is 3.77. The molecule has 3 rings (SSSR count). The van der Waals surface area contributed by atoms with Crippen molar-refractivity contribution in [2.24, 2.45) is 0 Å². The lowest BCUT2D eigenvalue weighted by Crippen LogP contribution is -2.00. The molecule has 0 saturated heterocycles. The van der Waals surface area contributed by atoms with Crippen molar-refractivity contribution in [3.63, 3.8) is 0 Å². The maximum absolute atomic E-state index is 13.7. The summed E-state index contributed by atoms with van der Waals surface area (Å²) in [7, 11) is -3.56. The fourth-order valence-corrected chi connectivity index (χ4v) is 3.19. The molecular weight excluding hydrogens is 323 g/mol. The van der Waals surface area contributed by atoms with Crippen LogP contribution in [0.1, 0.15) is 5.56 Å². The number of rotatable bonds is 4. The Bertz CT molecular complexity index is 890. The van der Waals surface area contributed by atoms with E-state index in [1.54, 1.807) is 18.2 Å². The van der Waals surface area contributed by atoms with E-state index in [0.717, 1.165) is 0 Å². The van der Waals surface area contributed by atoms with Gasteiger partial charge in [0.05, 0.1) is 7.11 Å². The predicted octanol–water partition coefficient (Wildman–Crippen LogP) is 3.39. The molecule has 23 heavy (non-hydrogen) atoms. The zero-order valence-electron chi connectivity index (χ0n) is 12.2. The largest absolute Gasteiger partial charge is 0.496 e. The van der Waals surface area contributed by atoms with Crippen molar-refractivity contribution in [2.75, 3.05) is 13.9 Å². The molecule has 0 bridgehead atoms. The zero-order valence-corrected chi connectivity index (χ0v) is 13.0. The van der Waals surface area contributed by atoms with Crippen LogP contribution >= 0.6 is 0 Å². The molecule has 0 radical (unpaired) electrons. The molecule has 0 spiro atoms. The Kier molecular flexibility index (Phi) is 3.73. The molecule has 1 aliphatic rings. The SMILES string of the molecule is C=Cc1cc2c(cc1-c1c(OC)cccc1S(=O)(=O)F)OCO2. The molecule has 0 aromatic heterocycles. The Morgan fingerprint density at radius 1 is 1.26 bits per heavy atom. The number of ether oxygens (including phenoxy) is 3. The summed E-state index contributed by atoms with van der Waals surface area (Å²) >= 11 is 0. The van der Waals surface area contributed by atoms with E-state index in [2.05, 4.69) is 6.58 Å². The standard InChI is InChI=1S/C16H13FO5S/c1-3-10-7-13-14(22-9-21-13)8-11(10)16-12(20-2)5-4-6-15(16)23(17,18)19/h3-8H,1,9H2,2H3. The monoisotopic (exact) mass is 336 g/mol. The highest BCUT2D eigenvalue weighted by Gasteiger charge is 2.25. The molecule has 120 valence electrons. The molecule has 5 nitrogen and oxygen atoms in total. The molecular formula is C16H13FO5S. The van der Waals surface area contributed by atoms with Crippen LogP contribution in [-0.2, 0) is 10.2 Å². The fraction of sp³-hybridized carbons (Fsp3) is 0.125. The number of fused-ring (bicyclic) bond motifs is 1. The molecule has 0 N–H and O–H groups in total. The molecule has 0 unspecified atom stereocenters. The van der Waals surface area contributed by atoms with Crippen molar-refractivity contribution >= 4 is 16.3 Å². The number of benzene rings is 2. The molecule has 1 heterocycles. The van der Waals surface area contributed by atoms with Gasteiger partial charge >= 0.3 is 10.2 Å². The molecule has 2 aromatic carbocycles. The van der Waals surface area contributed by atoms with E-state index in [9.17, 15) is 12.3 Å². The lowest BCUT2D eigenvalue weighted by molar-refractivity contribution is 0.174. The zero-order chi connectivity index (χ0) is 16.6. The van der Waals surface area contributed by atoms with Gasteiger partial charge < -0.3 is 14.2 Å². The first kappa shape index (κ1) is 15.4. The molecule has 1 aliphatic heterocycles. The minimum absolute atomic E-state index is 0.0650. The van der Waals surface area contributed by atoms with E-state index in [0.29, 0.717) is 22.6 Å². The van der Waals surface area contributed by atoms with E-state index >= 15 is 0 Å². The van der Waals surface area contributed by atoms with Crippen molar-refractivity contribution in [3.8, 4) is 28.4 Å². The first-order chi connectivity index (χ1) is 11.0. The number of methoxy groups -OCH3 is 1. The van der Waals surface area contributed by atoms with Gasteiger partial charge in [0.1, 0.15) is 10.6 Å². The smallest absolute Gasteiger partial charge is 0.332 e. The van der Waals surface area contributed by atoms with Gasteiger partial charge in [0.2, 0.25) is 6.79 Å². The molecule has 0 aliphatic carbocycles. The van der Waals surface area contributed by atoms with E-state index in [4.69, 9.17) is 14.2 Å². The van der Waals surface area contributed by atoms with Crippen LogP contribution in [0.2, 0.25) is 0 Å². The third-order valence-electron chi connectivity index (χ3n) is 3.50. The number of hydrogen-bond acceptors (Lipinski definition) is 5. The van der Waals surface area contributed by atoms with Gasteiger partial charge in [0, 0.05) is 5.56 Å². The molecule has 2 aromatic rings. The molecule has 0 fully saturated rings. The summed E-state index contributed by atoms with van der Waals surface area (Å²) in [5.41, 5.74) is 1.12. The first-order valence-electron chi connectivity index (χ1n) is 6.64. The Morgan fingerprint density at radius 2 is 1.96 bits per heavy atom. The van der Waals surface area contributed by atoms with Crippen molar-refractivity contribution in [1.29, 1.82) is 0 Å².